The lowest BCUT2D eigenvalue weighted by Gasteiger charge is -2.55. The third-order valence-corrected chi connectivity index (χ3v) is 6.15. The highest BCUT2D eigenvalue weighted by atomic mass is 32.2. The van der Waals surface area contributed by atoms with Gasteiger partial charge in [0.25, 0.3) is 11.8 Å². The Kier molecular flexibility index (Phi) is 7.42. The molecular formula is C23H25N3O5S. The lowest BCUT2D eigenvalue weighted by molar-refractivity contribution is -0.162. The van der Waals surface area contributed by atoms with Gasteiger partial charge in [-0.2, -0.15) is 0 Å². The molecule has 2 atom stereocenters. The van der Waals surface area contributed by atoms with Gasteiger partial charge in [-0.05, 0) is 48.7 Å². The largest absolute Gasteiger partial charge is 0.484 e. The highest BCUT2D eigenvalue weighted by Crippen LogP contribution is 2.43. The van der Waals surface area contributed by atoms with Gasteiger partial charge in [0.1, 0.15) is 17.7 Å². The van der Waals surface area contributed by atoms with E-state index in [2.05, 4.69) is 16.6 Å². The van der Waals surface area contributed by atoms with E-state index in [1.807, 2.05) is 36.4 Å². The zero-order valence-corrected chi connectivity index (χ0v) is 18.7. The molecule has 0 bridgehead atoms. The second kappa shape index (κ2) is 10.2. The van der Waals surface area contributed by atoms with Crippen LogP contribution in [0.3, 0.4) is 0 Å². The van der Waals surface area contributed by atoms with E-state index in [-0.39, 0.29) is 13.2 Å². The van der Waals surface area contributed by atoms with Crippen LogP contribution in [0.2, 0.25) is 0 Å². The van der Waals surface area contributed by atoms with Gasteiger partial charge in [0.2, 0.25) is 0 Å². The van der Waals surface area contributed by atoms with Crippen molar-refractivity contribution in [1.29, 1.82) is 0 Å². The van der Waals surface area contributed by atoms with Crippen LogP contribution >= 0.6 is 11.9 Å². The van der Waals surface area contributed by atoms with E-state index in [4.69, 9.17) is 9.47 Å². The second-order valence-electron chi connectivity index (χ2n) is 7.19. The number of likely N-dealkylation sites (tertiary alicyclic amines) is 1. The molecule has 0 aromatic heterocycles. The first-order chi connectivity index (χ1) is 15.4. The maximum absolute atomic E-state index is 13.2. The molecule has 32 heavy (non-hydrogen) atoms. The predicted molar refractivity (Wildman–Crippen MR) is 123 cm³/mol. The Morgan fingerprint density at radius 3 is 2.34 bits per heavy atom. The van der Waals surface area contributed by atoms with Crippen molar-refractivity contribution in [3.63, 3.8) is 0 Å². The molecule has 0 saturated carbocycles. The molecule has 8 nitrogen and oxygen atoms in total. The Hall–Kier alpha value is -3.46. The number of nitrogens with zero attached hydrogens (tertiary/aromatic N) is 1. The summed E-state index contributed by atoms with van der Waals surface area (Å²) in [6, 6.07) is 18.3. The van der Waals surface area contributed by atoms with Gasteiger partial charge >= 0.3 is 5.97 Å². The number of esters is 1. The van der Waals surface area contributed by atoms with Gasteiger partial charge in [-0.3, -0.25) is 14.4 Å². The number of amides is 2. The Bertz CT molecular complexity index is 986. The van der Waals surface area contributed by atoms with E-state index in [0.717, 1.165) is 5.69 Å². The topological polar surface area (TPSA) is 97.0 Å². The Labute approximate surface area is 191 Å². The smallest absolute Gasteiger partial charge is 0.325 e. The average molecular weight is 456 g/mol. The summed E-state index contributed by atoms with van der Waals surface area (Å²) in [6.45, 7) is 5.11. The summed E-state index contributed by atoms with van der Waals surface area (Å²) in [6.07, 6.45) is 0. The van der Waals surface area contributed by atoms with Crippen LogP contribution in [0.4, 0.5) is 5.69 Å². The molecule has 2 unspecified atom stereocenters. The van der Waals surface area contributed by atoms with Crippen molar-refractivity contribution in [1.82, 2.24) is 10.2 Å². The third-order valence-electron chi connectivity index (χ3n) is 4.96. The number of methoxy groups -OCH3 is 1. The maximum Gasteiger partial charge on any atom is 0.325 e. The number of benzene rings is 2. The van der Waals surface area contributed by atoms with Crippen molar-refractivity contribution >= 4 is 35.4 Å². The zero-order chi connectivity index (χ0) is 23.1. The van der Waals surface area contributed by atoms with Gasteiger partial charge in [0.15, 0.2) is 12.1 Å². The van der Waals surface area contributed by atoms with Crippen molar-refractivity contribution in [2.75, 3.05) is 25.0 Å². The fourth-order valence-electron chi connectivity index (χ4n) is 3.28. The van der Waals surface area contributed by atoms with Crippen LogP contribution in [0.1, 0.15) is 6.92 Å². The van der Waals surface area contributed by atoms with E-state index < -0.39 is 28.7 Å². The summed E-state index contributed by atoms with van der Waals surface area (Å²) < 4.78 is 13.4. The minimum absolute atomic E-state index is 0.241. The lowest BCUT2D eigenvalue weighted by atomic mass is 9.81. The average Bonchev–Trinajstić information content (AvgIpc) is 2.81. The SMILES string of the molecule is C=C(C)C1(NC(=O)COc2ccccc2)C(=O)N(CC(=O)OC)C1SNc1ccccc1. The molecule has 0 aliphatic carbocycles. The number of hydrogen-bond acceptors (Lipinski definition) is 7. The van der Waals surface area contributed by atoms with E-state index in [0.29, 0.717) is 11.3 Å². The fourth-order valence-corrected chi connectivity index (χ4v) is 4.50. The second-order valence-corrected chi connectivity index (χ2v) is 8.07. The summed E-state index contributed by atoms with van der Waals surface area (Å²) in [4.78, 5) is 39.1. The van der Waals surface area contributed by atoms with Crippen LogP contribution in [-0.2, 0) is 19.1 Å². The predicted octanol–water partition coefficient (Wildman–Crippen LogP) is 2.60. The van der Waals surface area contributed by atoms with E-state index in [1.54, 1.807) is 31.2 Å². The number of para-hydroxylation sites is 2. The number of hydrogen-bond donors (Lipinski definition) is 2. The molecule has 2 aromatic rings. The summed E-state index contributed by atoms with van der Waals surface area (Å²) in [7, 11) is 1.26. The van der Waals surface area contributed by atoms with Gasteiger partial charge in [0, 0.05) is 5.69 Å². The van der Waals surface area contributed by atoms with Crippen LogP contribution in [-0.4, -0.2) is 53.9 Å². The van der Waals surface area contributed by atoms with Crippen LogP contribution < -0.4 is 14.8 Å². The molecule has 2 amide bonds. The Morgan fingerprint density at radius 2 is 1.75 bits per heavy atom. The normalized spacial score (nSPS) is 19.5. The van der Waals surface area contributed by atoms with Gasteiger partial charge in [-0.15, -0.1) is 0 Å². The number of β-lactam (4-membered cyclic amide) rings is 1. The summed E-state index contributed by atoms with van der Waals surface area (Å²) in [5.41, 5.74) is -0.134. The lowest BCUT2D eigenvalue weighted by Crippen LogP contribution is -2.80. The molecule has 1 saturated heterocycles. The highest BCUT2D eigenvalue weighted by molar-refractivity contribution is 8.01. The zero-order valence-electron chi connectivity index (χ0n) is 17.9. The molecule has 1 heterocycles. The molecule has 0 radical (unpaired) electrons. The van der Waals surface area contributed by atoms with Gasteiger partial charge in [-0.1, -0.05) is 43.0 Å². The first-order valence-electron chi connectivity index (χ1n) is 9.88. The van der Waals surface area contributed by atoms with Crippen LogP contribution in [0.25, 0.3) is 0 Å². The minimum atomic E-state index is -1.39. The molecule has 1 aliphatic heterocycles. The van der Waals surface area contributed by atoms with E-state index in [9.17, 15) is 14.4 Å². The number of ether oxygens (including phenoxy) is 2. The summed E-state index contributed by atoms with van der Waals surface area (Å²) in [5, 5.41) is 2.16. The molecule has 2 N–H and O–H groups in total. The first kappa shape index (κ1) is 23.2. The molecule has 9 heteroatoms. The van der Waals surface area contributed by atoms with Crippen molar-refractivity contribution in [2.45, 2.75) is 17.8 Å². The molecule has 3 rings (SSSR count). The van der Waals surface area contributed by atoms with Crippen LogP contribution in [0.15, 0.2) is 72.8 Å². The monoisotopic (exact) mass is 455 g/mol. The van der Waals surface area contributed by atoms with Crippen molar-refractivity contribution in [2.24, 2.45) is 0 Å². The minimum Gasteiger partial charge on any atom is -0.484 e. The molecule has 2 aromatic carbocycles. The first-order valence-corrected chi connectivity index (χ1v) is 10.8. The number of nitrogens with one attached hydrogen (secondary N) is 2. The van der Waals surface area contributed by atoms with Crippen LogP contribution in [0.5, 0.6) is 5.75 Å². The quantitative estimate of drug-likeness (QED) is 0.246. The number of rotatable bonds is 10. The maximum atomic E-state index is 13.2. The highest BCUT2D eigenvalue weighted by Gasteiger charge is 2.63. The fraction of sp³-hybridized carbons (Fsp3) is 0.261. The molecule has 168 valence electrons. The Morgan fingerprint density at radius 1 is 1.12 bits per heavy atom. The number of carbonyl (C=O) groups is 3. The van der Waals surface area contributed by atoms with Crippen LogP contribution in [0, 0.1) is 0 Å². The summed E-state index contributed by atoms with van der Waals surface area (Å²) in [5.74, 6) is -0.933. The van der Waals surface area contributed by atoms with Gasteiger partial charge in [0.05, 0.1) is 7.11 Å². The third kappa shape index (κ3) is 4.88. The molecule has 1 fully saturated rings. The molecular weight excluding hydrogens is 430 g/mol. The Balaban J connectivity index is 1.77. The van der Waals surface area contributed by atoms with Crippen molar-refractivity contribution in [3.05, 3.63) is 72.8 Å². The van der Waals surface area contributed by atoms with E-state index >= 15 is 0 Å². The van der Waals surface area contributed by atoms with Crippen molar-refractivity contribution < 1.29 is 23.9 Å². The van der Waals surface area contributed by atoms with E-state index in [1.165, 1.54) is 24.0 Å². The van der Waals surface area contributed by atoms with Gasteiger partial charge < -0.3 is 24.4 Å². The standard InChI is InChI=1S/C23H25N3O5S/c1-16(2)23(24-19(27)15-31-18-12-8-5-9-13-18)21(29)26(14-20(28)30-3)22(23)32-25-17-10-6-4-7-11-17/h4-13,22,25H,1,14-15H2,2-3H3,(H,24,27). The molecule has 0 spiro atoms. The number of anilines is 1. The molecule has 1 aliphatic rings. The number of carbonyl (C=O) groups excluding carboxylic acids is 3. The van der Waals surface area contributed by atoms with Crippen molar-refractivity contribution in [3.8, 4) is 5.75 Å². The van der Waals surface area contributed by atoms with Gasteiger partial charge in [-0.25, -0.2) is 0 Å². The summed E-state index contributed by atoms with van der Waals surface area (Å²) >= 11 is 1.20.